The summed E-state index contributed by atoms with van der Waals surface area (Å²) in [7, 11) is 0. The number of hydrogen-bond acceptors (Lipinski definition) is 2. The summed E-state index contributed by atoms with van der Waals surface area (Å²) >= 11 is 1.68. The molecule has 0 aliphatic rings. The number of carbonyl (C=O) groups excluding carboxylic acids is 1. The van der Waals surface area contributed by atoms with Gasteiger partial charge in [0, 0.05) is 12.2 Å². The van der Waals surface area contributed by atoms with Gasteiger partial charge in [0.15, 0.2) is 0 Å². The van der Waals surface area contributed by atoms with Gasteiger partial charge in [-0.3, -0.25) is 5.32 Å². The van der Waals surface area contributed by atoms with E-state index in [9.17, 15) is 4.79 Å². The molecule has 114 valence electrons. The molecular weight excluding hydrogens is 294 g/mol. The summed E-state index contributed by atoms with van der Waals surface area (Å²) < 4.78 is 3.29. The number of aryl methyl sites for hydroxylation is 3. The Bertz CT molecular complexity index is 832. The van der Waals surface area contributed by atoms with Crippen LogP contribution in [0.2, 0.25) is 0 Å². The fourth-order valence-electron chi connectivity index (χ4n) is 2.56. The van der Waals surface area contributed by atoms with Crippen molar-refractivity contribution in [2.75, 3.05) is 10.6 Å². The number of carbonyl (C=O) groups is 1. The minimum atomic E-state index is -0.214. The fourth-order valence-corrected chi connectivity index (χ4v) is 3.38. The van der Waals surface area contributed by atoms with Gasteiger partial charge in [-0.05, 0) is 55.5 Å². The summed E-state index contributed by atoms with van der Waals surface area (Å²) in [6.07, 6.45) is 0. The van der Waals surface area contributed by atoms with Crippen molar-refractivity contribution < 1.29 is 4.79 Å². The number of urea groups is 1. The molecule has 2 amide bonds. The van der Waals surface area contributed by atoms with Crippen LogP contribution >= 0.6 is 11.3 Å². The molecule has 2 aromatic heterocycles. The zero-order valence-electron chi connectivity index (χ0n) is 12.9. The van der Waals surface area contributed by atoms with E-state index >= 15 is 0 Å². The molecule has 0 bridgehead atoms. The van der Waals surface area contributed by atoms with Gasteiger partial charge in [0.05, 0.1) is 10.2 Å². The SMILES string of the molecule is CCn1c(NC(=O)Nc2cc(C)ccc2C)cc2sccc21. The third kappa shape index (κ3) is 2.72. The lowest BCUT2D eigenvalue weighted by atomic mass is 10.1. The molecule has 0 aliphatic heterocycles. The zero-order valence-corrected chi connectivity index (χ0v) is 13.8. The molecule has 0 unspecified atom stereocenters. The standard InChI is InChI=1S/C17H19N3OS/c1-4-20-14-7-8-22-15(14)10-16(20)19-17(21)18-13-9-11(2)5-6-12(13)3/h5-10H,4H2,1-3H3,(H2,18,19,21). The van der Waals surface area contributed by atoms with Crippen molar-refractivity contribution in [3.05, 3.63) is 46.8 Å². The predicted molar refractivity (Wildman–Crippen MR) is 94.0 cm³/mol. The minimum absolute atomic E-state index is 0.214. The van der Waals surface area contributed by atoms with E-state index in [2.05, 4.69) is 33.6 Å². The van der Waals surface area contributed by atoms with Crippen molar-refractivity contribution >= 4 is 39.1 Å². The topological polar surface area (TPSA) is 46.1 Å². The minimum Gasteiger partial charge on any atom is -0.327 e. The van der Waals surface area contributed by atoms with Crippen LogP contribution in [0.3, 0.4) is 0 Å². The number of fused-ring (bicyclic) bond motifs is 1. The number of nitrogens with zero attached hydrogens (tertiary/aromatic N) is 1. The third-order valence-corrected chi connectivity index (χ3v) is 4.57. The Labute approximate surface area is 133 Å². The smallest absolute Gasteiger partial charge is 0.324 e. The molecule has 0 spiro atoms. The first-order valence-corrected chi connectivity index (χ1v) is 8.18. The highest BCUT2D eigenvalue weighted by Gasteiger charge is 2.12. The van der Waals surface area contributed by atoms with E-state index in [1.807, 2.05) is 38.1 Å². The van der Waals surface area contributed by atoms with Crippen LogP contribution in [0.1, 0.15) is 18.1 Å². The van der Waals surface area contributed by atoms with Gasteiger partial charge < -0.3 is 9.88 Å². The molecule has 0 atom stereocenters. The summed E-state index contributed by atoms with van der Waals surface area (Å²) in [5, 5.41) is 7.95. The molecule has 3 aromatic rings. The molecule has 22 heavy (non-hydrogen) atoms. The third-order valence-electron chi connectivity index (χ3n) is 3.72. The van der Waals surface area contributed by atoms with Gasteiger partial charge in [0.2, 0.25) is 0 Å². The van der Waals surface area contributed by atoms with E-state index in [4.69, 9.17) is 0 Å². The van der Waals surface area contributed by atoms with Gasteiger partial charge in [-0.1, -0.05) is 12.1 Å². The molecule has 0 fully saturated rings. The Hall–Kier alpha value is -2.27. The van der Waals surface area contributed by atoms with Gasteiger partial charge in [-0.2, -0.15) is 0 Å². The number of benzene rings is 1. The largest absolute Gasteiger partial charge is 0.327 e. The number of amides is 2. The molecule has 2 heterocycles. The predicted octanol–water partition coefficient (Wildman–Crippen LogP) is 4.98. The lowest BCUT2D eigenvalue weighted by molar-refractivity contribution is 0.262. The Morgan fingerprint density at radius 2 is 2.00 bits per heavy atom. The lowest BCUT2D eigenvalue weighted by Crippen LogP contribution is -2.21. The molecule has 1 aromatic carbocycles. The molecule has 0 aliphatic carbocycles. The summed E-state index contributed by atoms with van der Waals surface area (Å²) in [5.41, 5.74) is 4.18. The van der Waals surface area contributed by atoms with Crippen molar-refractivity contribution in [2.45, 2.75) is 27.3 Å². The second kappa shape index (κ2) is 5.85. The van der Waals surface area contributed by atoms with Gasteiger partial charge in [-0.25, -0.2) is 4.79 Å². The van der Waals surface area contributed by atoms with Gasteiger partial charge in [0.25, 0.3) is 0 Å². The molecule has 0 saturated carbocycles. The highest BCUT2D eigenvalue weighted by atomic mass is 32.1. The number of hydrogen-bond donors (Lipinski definition) is 2. The van der Waals surface area contributed by atoms with Crippen molar-refractivity contribution in [1.82, 2.24) is 4.57 Å². The van der Waals surface area contributed by atoms with Gasteiger partial charge in [0.1, 0.15) is 5.82 Å². The summed E-state index contributed by atoms with van der Waals surface area (Å²) in [6.45, 7) is 6.89. The fraction of sp³-hybridized carbons (Fsp3) is 0.235. The Balaban J connectivity index is 1.81. The number of rotatable bonds is 3. The molecule has 3 rings (SSSR count). The average Bonchev–Trinajstić information content (AvgIpc) is 3.03. The second-order valence-corrected chi connectivity index (χ2v) is 6.29. The molecular formula is C17H19N3OS. The van der Waals surface area contributed by atoms with E-state index in [1.165, 1.54) is 4.70 Å². The van der Waals surface area contributed by atoms with Crippen molar-refractivity contribution in [2.24, 2.45) is 0 Å². The lowest BCUT2D eigenvalue weighted by Gasteiger charge is -2.12. The van der Waals surface area contributed by atoms with Crippen LogP contribution in [0.5, 0.6) is 0 Å². The summed E-state index contributed by atoms with van der Waals surface area (Å²) in [5.74, 6) is 0.826. The normalized spacial score (nSPS) is 10.9. The van der Waals surface area contributed by atoms with Gasteiger partial charge in [-0.15, -0.1) is 11.3 Å². The Morgan fingerprint density at radius 3 is 2.77 bits per heavy atom. The Morgan fingerprint density at radius 1 is 1.18 bits per heavy atom. The molecule has 0 saturated heterocycles. The van der Waals surface area contributed by atoms with Crippen molar-refractivity contribution in [1.29, 1.82) is 0 Å². The highest BCUT2D eigenvalue weighted by molar-refractivity contribution is 7.17. The number of aromatic nitrogens is 1. The molecule has 2 N–H and O–H groups in total. The maximum atomic E-state index is 12.3. The van der Waals surface area contributed by atoms with E-state index in [0.717, 1.165) is 34.7 Å². The van der Waals surface area contributed by atoms with E-state index in [0.29, 0.717) is 0 Å². The molecule has 5 heteroatoms. The summed E-state index contributed by atoms with van der Waals surface area (Å²) in [4.78, 5) is 12.3. The first kappa shape index (κ1) is 14.7. The van der Waals surface area contributed by atoms with E-state index < -0.39 is 0 Å². The van der Waals surface area contributed by atoms with Crippen LogP contribution in [0.25, 0.3) is 10.2 Å². The quantitative estimate of drug-likeness (QED) is 0.703. The monoisotopic (exact) mass is 313 g/mol. The van der Waals surface area contributed by atoms with Crippen LogP contribution in [0, 0.1) is 13.8 Å². The molecule has 4 nitrogen and oxygen atoms in total. The van der Waals surface area contributed by atoms with Gasteiger partial charge >= 0.3 is 6.03 Å². The molecule has 0 radical (unpaired) electrons. The van der Waals surface area contributed by atoms with E-state index in [-0.39, 0.29) is 6.03 Å². The number of thiophene rings is 1. The van der Waals surface area contributed by atoms with Crippen LogP contribution in [-0.2, 0) is 6.54 Å². The van der Waals surface area contributed by atoms with Crippen LogP contribution in [0.4, 0.5) is 16.3 Å². The summed E-state index contributed by atoms with van der Waals surface area (Å²) in [6, 6.07) is 9.91. The van der Waals surface area contributed by atoms with Crippen LogP contribution in [-0.4, -0.2) is 10.6 Å². The maximum Gasteiger partial charge on any atom is 0.324 e. The second-order valence-electron chi connectivity index (χ2n) is 5.34. The highest BCUT2D eigenvalue weighted by Crippen LogP contribution is 2.28. The van der Waals surface area contributed by atoms with E-state index in [1.54, 1.807) is 11.3 Å². The first-order chi connectivity index (χ1) is 10.6. The zero-order chi connectivity index (χ0) is 15.7. The van der Waals surface area contributed by atoms with Crippen molar-refractivity contribution in [3.8, 4) is 0 Å². The van der Waals surface area contributed by atoms with Crippen LogP contribution < -0.4 is 10.6 Å². The number of anilines is 2. The van der Waals surface area contributed by atoms with Crippen molar-refractivity contribution in [3.63, 3.8) is 0 Å². The Kier molecular flexibility index (Phi) is 3.90. The maximum absolute atomic E-state index is 12.3. The average molecular weight is 313 g/mol. The number of nitrogens with one attached hydrogen (secondary N) is 2. The first-order valence-electron chi connectivity index (χ1n) is 7.30. The van der Waals surface area contributed by atoms with Crippen LogP contribution in [0.15, 0.2) is 35.7 Å².